The van der Waals surface area contributed by atoms with Crippen molar-refractivity contribution in [2.24, 2.45) is 5.92 Å². The van der Waals surface area contributed by atoms with Gasteiger partial charge < -0.3 is 0 Å². The summed E-state index contributed by atoms with van der Waals surface area (Å²) in [5, 5.41) is 0. The Morgan fingerprint density at radius 2 is 1.64 bits per heavy atom. The molecule has 1 aliphatic rings. The Bertz CT molecular complexity index is 767. The normalized spacial score (nSPS) is 13.3. The van der Waals surface area contributed by atoms with E-state index in [-0.39, 0.29) is 0 Å². The molecule has 0 saturated heterocycles. The van der Waals surface area contributed by atoms with Crippen LogP contribution in [0.5, 0.6) is 0 Å². The van der Waals surface area contributed by atoms with Gasteiger partial charge in [0.1, 0.15) is 0 Å². The molecule has 1 unspecified atom stereocenters. The fourth-order valence-corrected chi connectivity index (χ4v) is 3.60. The molecule has 0 radical (unpaired) electrons. The van der Waals surface area contributed by atoms with Gasteiger partial charge in [-0.2, -0.15) is 0 Å². The van der Waals surface area contributed by atoms with Crippen LogP contribution in [0.15, 0.2) is 84.0 Å². The molecule has 2 rings (SSSR count). The summed E-state index contributed by atoms with van der Waals surface area (Å²) in [4.78, 5) is 0. The number of rotatable bonds is 10. The maximum atomic E-state index is 3.93. The third kappa shape index (κ3) is 21.2. The second-order valence-corrected chi connectivity index (χ2v) is 10.0. The monoisotopic (exact) mass is 492 g/mol. The summed E-state index contributed by atoms with van der Waals surface area (Å²) in [5.74, 6) is 0.728. The van der Waals surface area contributed by atoms with Gasteiger partial charge in [0.15, 0.2) is 0 Å². The lowest BCUT2D eigenvalue weighted by molar-refractivity contribution is 0.555. The predicted octanol–water partition coefficient (Wildman–Crippen LogP) is 12.3. The molecule has 204 valence electrons. The van der Waals surface area contributed by atoms with Gasteiger partial charge in [0.2, 0.25) is 0 Å². The molecule has 0 saturated carbocycles. The van der Waals surface area contributed by atoms with Crippen molar-refractivity contribution in [3.05, 3.63) is 95.1 Å². The first kappa shape index (κ1) is 36.1. The largest absolute Gasteiger partial charge is 0.103 e. The minimum Gasteiger partial charge on any atom is -0.103 e. The summed E-state index contributed by atoms with van der Waals surface area (Å²) in [6.45, 7) is 27.2. The minimum absolute atomic E-state index is 0.728. The molecule has 0 heteroatoms. The Labute approximate surface area is 227 Å². The second-order valence-electron chi connectivity index (χ2n) is 10.0. The molecule has 0 N–H and O–H groups in total. The van der Waals surface area contributed by atoms with Crippen LogP contribution in [0.2, 0.25) is 0 Å². The molecular weight excluding hydrogens is 432 g/mol. The van der Waals surface area contributed by atoms with E-state index in [1.165, 1.54) is 78.4 Å². The van der Waals surface area contributed by atoms with E-state index in [0.717, 1.165) is 25.2 Å². The zero-order chi connectivity index (χ0) is 27.8. The van der Waals surface area contributed by atoms with Crippen molar-refractivity contribution in [1.82, 2.24) is 0 Å². The van der Waals surface area contributed by atoms with Gasteiger partial charge >= 0.3 is 0 Å². The van der Waals surface area contributed by atoms with Crippen molar-refractivity contribution in [3.8, 4) is 0 Å². The lowest BCUT2D eigenvalue weighted by Crippen LogP contribution is -1.94. The molecule has 0 heterocycles. The van der Waals surface area contributed by atoms with Crippen molar-refractivity contribution in [2.45, 2.75) is 127 Å². The van der Waals surface area contributed by atoms with E-state index in [9.17, 15) is 0 Å². The first-order valence-corrected chi connectivity index (χ1v) is 14.5. The second kappa shape index (κ2) is 24.6. The highest BCUT2D eigenvalue weighted by atomic mass is 14.1. The Kier molecular flexibility index (Phi) is 24.7. The van der Waals surface area contributed by atoms with Crippen LogP contribution >= 0.6 is 0 Å². The van der Waals surface area contributed by atoms with Gasteiger partial charge in [-0.3, -0.25) is 0 Å². The number of hydrogen-bond donors (Lipinski definition) is 0. The molecule has 0 aromatic heterocycles. The van der Waals surface area contributed by atoms with Crippen LogP contribution in [0, 0.1) is 12.8 Å². The van der Waals surface area contributed by atoms with Gasteiger partial charge in [-0.05, 0) is 84.1 Å². The summed E-state index contributed by atoms with van der Waals surface area (Å²) in [6, 6.07) is 8.66. The fourth-order valence-electron chi connectivity index (χ4n) is 3.60. The van der Waals surface area contributed by atoms with Gasteiger partial charge in [0.25, 0.3) is 0 Å². The van der Waals surface area contributed by atoms with Gasteiger partial charge in [-0.1, -0.05) is 137 Å². The topological polar surface area (TPSA) is 0 Å². The van der Waals surface area contributed by atoms with Crippen molar-refractivity contribution in [1.29, 1.82) is 0 Å². The Morgan fingerprint density at radius 1 is 1.00 bits per heavy atom. The van der Waals surface area contributed by atoms with Crippen LogP contribution < -0.4 is 0 Å². The van der Waals surface area contributed by atoms with Crippen LogP contribution in [-0.2, 0) is 6.42 Å². The Hall–Kier alpha value is -2.08. The van der Waals surface area contributed by atoms with E-state index in [0.29, 0.717) is 0 Å². The zero-order valence-corrected chi connectivity index (χ0v) is 25.7. The first-order valence-electron chi connectivity index (χ1n) is 14.5. The van der Waals surface area contributed by atoms with E-state index in [4.69, 9.17) is 0 Å². The number of unbranched alkanes of at least 4 members (excludes halogenated alkanes) is 2. The summed E-state index contributed by atoms with van der Waals surface area (Å²) < 4.78 is 0. The van der Waals surface area contributed by atoms with E-state index in [1.54, 1.807) is 0 Å². The van der Waals surface area contributed by atoms with Crippen LogP contribution in [0.25, 0.3) is 0 Å². The summed E-state index contributed by atoms with van der Waals surface area (Å²) >= 11 is 0. The van der Waals surface area contributed by atoms with Crippen LogP contribution in [-0.4, -0.2) is 0 Å². The number of hydrogen-bond acceptors (Lipinski definition) is 0. The average molecular weight is 493 g/mol. The molecule has 1 atom stereocenters. The third-order valence-electron chi connectivity index (χ3n) is 6.66. The highest BCUT2D eigenvalue weighted by molar-refractivity contribution is 5.26. The quantitative estimate of drug-likeness (QED) is 0.225. The van der Waals surface area contributed by atoms with Gasteiger partial charge in [-0.25, -0.2) is 0 Å². The molecule has 0 fully saturated rings. The number of benzene rings is 1. The molecule has 1 aromatic rings. The molecule has 0 spiro atoms. The highest BCUT2D eigenvalue weighted by Crippen LogP contribution is 2.18. The van der Waals surface area contributed by atoms with Gasteiger partial charge in [0.05, 0.1) is 0 Å². The highest BCUT2D eigenvalue weighted by Gasteiger charge is 2.00. The maximum absolute atomic E-state index is 3.93. The standard InChI is InChI=1S/C10H20.C9H12.C9H14.C8H14/c1-5-6-7-8-10(4)9(2)3;1-3-9-6-4-8(2)5-7-9;1-3-9-6-4-5-8(2)7-9;1-4-7-8(5-2)6-3/h10H,2,5-8H2,1,3-4H3;4-7H,3H2,1-2H3;6-7H,3-5H2,1-2H3;4-5H,1,6-7H2,2-3H3/b;;;8-5-. The first-order chi connectivity index (χ1) is 17.2. The Morgan fingerprint density at radius 3 is 2.00 bits per heavy atom. The molecule has 36 heavy (non-hydrogen) atoms. The minimum atomic E-state index is 0.728. The average Bonchev–Trinajstić information content (AvgIpc) is 2.89. The predicted molar refractivity (Wildman–Crippen MR) is 169 cm³/mol. The fraction of sp³-hybridized carbons (Fsp3) is 0.556. The molecule has 1 aliphatic carbocycles. The summed E-state index contributed by atoms with van der Waals surface area (Å²) in [7, 11) is 0. The lowest BCUT2D eigenvalue weighted by atomic mass is 9.97. The Balaban J connectivity index is 0. The van der Waals surface area contributed by atoms with E-state index >= 15 is 0 Å². The molecule has 0 aliphatic heterocycles. The van der Waals surface area contributed by atoms with Crippen molar-refractivity contribution in [3.63, 3.8) is 0 Å². The van der Waals surface area contributed by atoms with E-state index in [1.807, 2.05) is 6.08 Å². The number of allylic oxidation sites excluding steroid dienone is 8. The number of aryl methyl sites for hydroxylation is 2. The van der Waals surface area contributed by atoms with Crippen molar-refractivity contribution in [2.75, 3.05) is 0 Å². The van der Waals surface area contributed by atoms with Gasteiger partial charge in [-0.15, -0.1) is 6.58 Å². The zero-order valence-electron chi connectivity index (χ0n) is 25.7. The van der Waals surface area contributed by atoms with Gasteiger partial charge in [0, 0.05) is 0 Å². The van der Waals surface area contributed by atoms with Crippen molar-refractivity contribution >= 4 is 0 Å². The van der Waals surface area contributed by atoms with E-state index in [2.05, 4.69) is 118 Å². The molecular formula is C36H60. The van der Waals surface area contributed by atoms with E-state index < -0.39 is 0 Å². The van der Waals surface area contributed by atoms with Crippen LogP contribution in [0.3, 0.4) is 0 Å². The molecule has 0 bridgehead atoms. The maximum Gasteiger partial charge on any atom is -0.0142 e. The molecule has 1 aromatic carbocycles. The molecule has 0 nitrogen and oxygen atoms in total. The summed E-state index contributed by atoms with van der Waals surface area (Å²) in [5.41, 5.74) is 8.61. The lowest BCUT2D eigenvalue weighted by Gasteiger charge is -2.09. The smallest absolute Gasteiger partial charge is 0.0142 e. The SMILES string of the molecule is C=C(C)C(C)CCCCC.C=CC/C(=C\C)CC.CCC1=CCCC(C)=C1.CCc1ccc(C)cc1. The summed E-state index contributed by atoms with van der Waals surface area (Å²) in [6.07, 6.45) is 21.2. The van der Waals surface area contributed by atoms with Crippen LogP contribution in [0.4, 0.5) is 0 Å². The van der Waals surface area contributed by atoms with Crippen molar-refractivity contribution < 1.29 is 0 Å². The van der Waals surface area contributed by atoms with Crippen LogP contribution in [0.1, 0.15) is 124 Å². The third-order valence-corrected chi connectivity index (χ3v) is 6.66. The molecule has 0 amide bonds.